The Morgan fingerprint density at radius 1 is 1.39 bits per heavy atom. The molecule has 106 valence electrons. The lowest BCUT2D eigenvalue weighted by atomic mass is 10.1. The maximum Gasteiger partial charge on any atom is 0.406 e. The van der Waals surface area contributed by atoms with Gasteiger partial charge >= 0.3 is 12.1 Å². The van der Waals surface area contributed by atoms with Crippen LogP contribution in [0.5, 0.6) is 0 Å². The second-order valence-corrected chi connectivity index (χ2v) is 4.13. The van der Waals surface area contributed by atoms with E-state index in [0.29, 0.717) is 17.7 Å². The molecule has 0 spiro atoms. The minimum atomic E-state index is -4.60. The van der Waals surface area contributed by atoms with E-state index in [-0.39, 0.29) is 12.5 Å². The molecule has 0 bridgehead atoms. The summed E-state index contributed by atoms with van der Waals surface area (Å²) in [4.78, 5) is 22.2. The minimum absolute atomic E-state index is 0.134. The van der Waals surface area contributed by atoms with E-state index >= 15 is 0 Å². The van der Waals surface area contributed by atoms with Gasteiger partial charge in [0, 0.05) is 12.5 Å². The molecule has 0 heterocycles. The SMILES string of the molecule is CC(N)CCCC(=O)N(CC(=O)O)CC(F)(F)F. The first-order chi connectivity index (χ1) is 8.11. The van der Waals surface area contributed by atoms with Gasteiger partial charge in [0.2, 0.25) is 5.91 Å². The number of aliphatic carboxylic acids is 1. The van der Waals surface area contributed by atoms with Crippen LogP contribution in [0.4, 0.5) is 13.2 Å². The molecule has 1 amide bonds. The highest BCUT2D eigenvalue weighted by atomic mass is 19.4. The van der Waals surface area contributed by atoms with Gasteiger partial charge in [-0.2, -0.15) is 13.2 Å². The van der Waals surface area contributed by atoms with Gasteiger partial charge in [-0.05, 0) is 19.8 Å². The summed E-state index contributed by atoms with van der Waals surface area (Å²) in [6, 6.07) is -0.145. The van der Waals surface area contributed by atoms with Crippen LogP contribution in [0.2, 0.25) is 0 Å². The number of alkyl halides is 3. The molecule has 3 N–H and O–H groups in total. The van der Waals surface area contributed by atoms with E-state index in [4.69, 9.17) is 10.8 Å². The zero-order valence-corrected chi connectivity index (χ0v) is 10.0. The van der Waals surface area contributed by atoms with Crippen LogP contribution in [0.3, 0.4) is 0 Å². The van der Waals surface area contributed by atoms with Gasteiger partial charge < -0.3 is 15.7 Å². The van der Waals surface area contributed by atoms with Crippen molar-refractivity contribution in [2.75, 3.05) is 13.1 Å². The lowest BCUT2D eigenvalue weighted by Crippen LogP contribution is -2.42. The summed E-state index contributed by atoms with van der Waals surface area (Å²) in [6.45, 7) is -0.776. The summed E-state index contributed by atoms with van der Waals surface area (Å²) in [7, 11) is 0. The van der Waals surface area contributed by atoms with Crippen LogP contribution < -0.4 is 5.73 Å². The number of halogens is 3. The highest BCUT2D eigenvalue weighted by Gasteiger charge is 2.33. The Kier molecular flexibility index (Phi) is 6.67. The van der Waals surface area contributed by atoms with Crippen molar-refractivity contribution in [2.24, 2.45) is 5.73 Å². The molecule has 0 radical (unpaired) electrons. The van der Waals surface area contributed by atoms with Crippen molar-refractivity contribution in [1.82, 2.24) is 4.90 Å². The van der Waals surface area contributed by atoms with Gasteiger partial charge in [0.05, 0.1) is 0 Å². The van der Waals surface area contributed by atoms with Gasteiger partial charge in [-0.3, -0.25) is 9.59 Å². The van der Waals surface area contributed by atoms with Crippen LogP contribution in [0, 0.1) is 0 Å². The molecule has 0 saturated heterocycles. The average Bonchev–Trinajstić information content (AvgIpc) is 2.12. The Bertz CT molecular complexity index is 293. The van der Waals surface area contributed by atoms with E-state index in [1.165, 1.54) is 0 Å². The third-order valence-electron chi connectivity index (χ3n) is 2.10. The highest BCUT2D eigenvalue weighted by molar-refractivity contribution is 5.81. The maximum absolute atomic E-state index is 12.2. The molecule has 8 heteroatoms. The van der Waals surface area contributed by atoms with Crippen molar-refractivity contribution in [3.63, 3.8) is 0 Å². The van der Waals surface area contributed by atoms with Crippen molar-refractivity contribution in [3.8, 4) is 0 Å². The number of carboxylic acid groups (broad SMARTS) is 1. The molecule has 0 rings (SSSR count). The molecule has 1 unspecified atom stereocenters. The zero-order chi connectivity index (χ0) is 14.3. The van der Waals surface area contributed by atoms with Crippen LogP contribution in [0.25, 0.3) is 0 Å². The average molecular weight is 270 g/mol. The monoisotopic (exact) mass is 270 g/mol. The molecule has 0 fully saturated rings. The van der Waals surface area contributed by atoms with E-state index < -0.39 is 31.1 Å². The number of nitrogens with two attached hydrogens (primary N) is 1. The Morgan fingerprint density at radius 2 is 1.94 bits per heavy atom. The summed E-state index contributed by atoms with van der Waals surface area (Å²) >= 11 is 0. The Balaban J connectivity index is 4.36. The quantitative estimate of drug-likeness (QED) is 0.722. The van der Waals surface area contributed by atoms with Crippen molar-refractivity contribution >= 4 is 11.9 Å². The standard InChI is InChI=1S/C10H17F3N2O3/c1-7(14)3-2-4-8(16)15(5-9(17)18)6-10(11,12)13/h7H,2-6,14H2,1H3,(H,17,18). The molecule has 5 nitrogen and oxygen atoms in total. The number of carbonyl (C=O) groups is 2. The molecule has 0 aliphatic heterocycles. The fourth-order valence-electron chi connectivity index (χ4n) is 1.35. The maximum atomic E-state index is 12.2. The molecular weight excluding hydrogens is 253 g/mol. The van der Waals surface area contributed by atoms with Crippen molar-refractivity contribution in [1.29, 1.82) is 0 Å². The van der Waals surface area contributed by atoms with E-state index in [2.05, 4.69) is 0 Å². The number of rotatable bonds is 7. The molecule has 0 aromatic carbocycles. The van der Waals surface area contributed by atoms with Crippen LogP contribution in [0.1, 0.15) is 26.2 Å². The number of nitrogens with zero attached hydrogens (tertiary/aromatic N) is 1. The summed E-state index contributed by atoms with van der Waals surface area (Å²) in [5.74, 6) is -2.30. The largest absolute Gasteiger partial charge is 0.480 e. The van der Waals surface area contributed by atoms with Gasteiger partial charge in [0.25, 0.3) is 0 Å². The Labute approximate surface area is 103 Å². The number of hydrogen-bond donors (Lipinski definition) is 2. The number of hydrogen-bond acceptors (Lipinski definition) is 3. The fourth-order valence-corrected chi connectivity index (χ4v) is 1.35. The second kappa shape index (κ2) is 7.20. The van der Waals surface area contributed by atoms with Gasteiger partial charge in [-0.15, -0.1) is 0 Å². The minimum Gasteiger partial charge on any atom is -0.480 e. The molecule has 1 atom stereocenters. The van der Waals surface area contributed by atoms with Gasteiger partial charge in [-0.25, -0.2) is 0 Å². The molecule has 0 aromatic rings. The smallest absolute Gasteiger partial charge is 0.406 e. The topological polar surface area (TPSA) is 83.6 Å². The normalized spacial score (nSPS) is 13.2. The molecule has 0 saturated carbocycles. The molecule has 0 aliphatic carbocycles. The first-order valence-electron chi connectivity index (χ1n) is 5.43. The van der Waals surface area contributed by atoms with Crippen molar-refractivity contribution < 1.29 is 27.9 Å². The summed E-state index contributed by atoms with van der Waals surface area (Å²) in [6.07, 6.45) is -3.90. The predicted octanol–water partition coefficient (Wildman–Crippen LogP) is 0.979. The van der Waals surface area contributed by atoms with Crippen molar-refractivity contribution in [2.45, 2.75) is 38.4 Å². The van der Waals surface area contributed by atoms with Crippen LogP contribution in [0.15, 0.2) is 0 Å². The summed E-state index contributed by atoms with van der Waals surface area (Å²) in [5, 5.41) is 8.46. The van der Waals surface area contributed by atoms with E-state index in [1.807, 2.05) is 0 Å². The Hall–Kier alpha value is -1.31. The van der Waals surface area contributed by atoms with E-state index in [0.717, 1.165) is 0 Å². The number of carboxylic acids is 1. The molecule has 0 aromatic heterocycles. The molecule has 0 aliphatic rings. The number of carbonyl (C=O) groups excluding carboxylic acids is 1. The van der Waals surface area contributed by atoms with E-state index in [1.54, 1.807) is 6.92 Å². The highest BCUT2D eigenvalue weighted by Crippen LogP contribution is 2.17. The molecule has 18 heavy (non-hydrogen) atoms. The van der Waals surface area contributed by atoms with Gasteiger partial charge in [-0.1, -0.05) is 0 Å². The fraction of sp³-hybridized carbons (Fsp3) is 0.800. The van der Waals surface area contributed by atoms with Crippen LogP contribution in [-0.4, -0.2) is 47.2 Å². The van der Waals surface area contributed by atoms with Gasteiger partial charge in [0.15, 0.2) is 0 Å². The lowest BCUT2D eigenvalue weighted by Gasteiger charge is -2.22. The lowest BCUT2D eigenvalue weighted by molar-refractivity contribution is -0.165. The van der Waals surface area contributed by atoms with E-state index in [9.17, 15) is 22.8 Å². The summed E-state index contributed by atoms with van der Waals surface area (Å²) in [5.41, 5.74) is 5.44. The first-order valence-corrected chi connectivity index (χ1v) is 5.43. The molecular formula is C10H17F3N2O3. The summed E-state index contributed by atoms with van der Waals surface area (Å²) < 4.78 is 36.5. The van der Waals surface area contributed by atoms with Crippen molar-refractivity contribution in [3.05, 3.63) is 0 Å². The van der Waals surface area contributed by atoms with Crippen LogP contribution >= 0.6 is 0 Å². The Morgan fingerprint density at radius 3 is 2.33 bits per heavy atom. The zero-order valence-electron chi connectivity index (χ0n) is 10.0. The third kappa shape index (κ3) is 8.80. The second-order valence-electron chi connectivity index (χ2n) is 4.13. The number of amides is 1. The first kappa shape index (κ1) is 16.7. The predicted molar refractivity (Wildman–Crippen MR) is 57.8 cm³/mol. The van der Waals surface area contributed by atoms with Gasteiger partial charge in [0.1, 0.15) is 13.1 Å². The third-order valence-corrected chi connectivity index (χ3v) is 2.10. The van der Waals surface area contributed by atoms with Crippen LogP contribution in [-0.2, 0) is 9.59 Å².